The summed E-state index contributed by atoms with van der Waals surface area (Å²) in [5.41, 5.74) is -0.988. The second kappa shape index (κ2) is 5.86. The number of hydrogen-bond donors (Lipinski definition) is 0. The molecule has 1 saturated heterocycles. The van der Waals surface area contributed by atoms with E-state index in [1.165, 1.54) is 10.4 Å². The van der Waals surface area contributed by atoms with Crippen LogP contribution in [0, 0.1) is 0 Å². The largest absolute Gasteiger partial charge is 0.417 e. The van der Waals surface area contributed by atoms with E-state index in [0.717, 1.165) is 6.07 Å². The van der Waals surface area contributed by atoms with E-state index in [2.05, 4.69) is 15.9 Å². The van der Waals surface area contributed by atoms with Gasteiger partial charge in [-0.05, 0) is 25.2 Å². The molecule has 0 saturated carbocycles. The van der Waals surface area contributed by atoms with E-state index in [4.69, 9.17) is 0 Å². The number of halogens is 4. The molecule has 1 aliphatic rings. The summed E-state index contributed by atoms with van der Waals surface area (Å²) in [5, 5.41) is 0. The molecule has 118 valence electrons. The summed E-state index contributed by atoms with van der Waals surface area (Å²) in [6, 6.07) is 2.98. The second-order valence-electron chi connectivity index (χ2n) is 4.85. The highest BCUT2D eigenvalue weighted by molar-refractivity contribution is 9.10. The van der Waals surface area contributed by atoms with Crippen LogP contribution in [-0.2, 0) is 16.2 Å². The number of rotatable bonds is 2. The summed E-state index contributed by atoms with van der Waals surface area (Å²) in [7, 11) is -2.03. The molecular weight excluding hydrogens is 373 g/mol. The molecule has 21 heavy (non-hydrogen) atoms. The molecule has 2 rings (SSSR count). The van der Waals surface area contributed by atoms with Crippen LogP contribution in [0.15, 0.2) is 27.6 Å². The third kappa shape index (κ3) is 3.58. The maximum Gasteiger partial charge on any atom is 0.417 e. The van der Waals surface area contributed by atoms with Crippen LogP contribution in [0.25, 0.3) is 0 Å². The Morgan fingerprint density at radius 2 is 1.71 bits per heavy atom. The minimum atomic E-state index is -4.60. The van der Waals surface area contributed by atoms with E-state index >= 15 is 0 Å². The van der Waals surface area contributed by atoms with E-state index in [-0.39, 0.29) is 22.5 Å². The minimum Gasteiger partial charge on any atom is -0.304 e. The van der Waals surface area contributed by atoms with E-state index in [1.807, 2.05) is 11.9 Å². The Kier molecular flexibility index (Phi) is 4.67. The molecule has 0 spiro atoms. The Balaban J connectivity index is 2.37. The Morgan fingerprint density at radius 3 is 2.24 bits per heavy atom. The highest BCUT2D eigenvalue weighted by atomic mass is 79.9. The number of piperazine rings is 1. The topological polar surface area (TPSA) is 40.6 Å². The van der Waals surface area contributed by atoms with Crippen LogP contribution in [0.2, 0.25) is 0 Å². The first-order chi connectivity index (χ1) is 9.62. The summed E-state index contributed by atoms with van der Waals surface area (Å²) in [5.74, 6) is 0. The fourth-order valence-corrected chi connectivity index (χ4v) is 3.98. The van der Waals surface area contributed by atoms with Crippen molar-refractivity contribution in [1.82, 2.24) is 9.21 Å². The lowest BCUT2D eigenvalue weighted by Gasteiger charge is -2.31. The van der Waals surface area contributed by atoms with Gasteiger partial charge in [0.15, 0.2) is 0 Å². The van der Waals surface area contributed by atoms with Gasteiger partial charge in [0.25, 0.3) is 0 Å². The molecule has 0 unspecified atom stereocenters. The van der Waals surface area contributed by atoms with Crippen molar-refractivity contribution in [3.05, 3.63) is 28.2 Å². The zero-order valence-electron chi connectivity index (χ0n) is 11.2. The normalized spacial score (nSPS) is 18.9. The smallest absolute Gasteiger partial charge is 0.304 e. The van der Waals surface area contributed by atoms with Gasteiger partial charge >= 0.3 is 6.18 Å². The molecule has 4 nitrogen and oxygen atoms in total. The summed E-state index contributed by atoms with van der Waals surface area (Å²) in [4.78, 5) is 1.64. The van der Waals surface area contributed by atoms with Crippen LogP contribution in [0.5, 0.6) is 0 Å². The van der Waals surface area contributed by atoms with Gasteiger partial charge < -0.3 is 4.90 Å². The predicted octanol–water partition coefficient (Wildman–Crippen LogP) is 2.40. The number of sulfonamides is 1. The first-order valence-corrected chi connectivity index (χ1v) is 8.41. The van der Waals surface area contributed by atoms with Gasteiger partial charge in [0.1, 0.15) is 0 Å². The summed E-state index contributed by atoms with van der Waals surface area (Å²) in [6.45, 7) is 1.66. The van der Waals surface area contributed by atoms with Gasteiger partial charge in [-0.2, -0.15) is 17.5 Å². The number of likely N-dealkylation sites (N-methyl/N-ethyl adjacent to an activating group) is 1. The molecule has 1 fully saturated rings. The summed E-state index contributed by atoms with van der Waals surface area (Å²) in [6.07, 6.45) is -4.60. The molecule has 0 aromatic heterocycles. The van der Waals surface area contributed by atoms with E-state index in [9.17, 15) is 21.6 Å². The molecular formula is C12H14BrF3N2O2S. The van der Waals surface area contributed by atoms with Gasteiger partial charge in [0.05, 0.1) is 10.5 Å². The third-order valence-electron chi connectivity index (χ3n) is 3.34. The molecule has 0 amide bonds. The molecule has 0 bridgehead atoms. The van der Waals surface area contributed by atoms with E-state index in [0.29, 0.717) is 19.2 Å². The van der Waals surface area contributed by atoms with Gasteiger partial charge in [0.2, 0.25) is 10.0 Å². The molecule has 1 aromatic carbocycles. The van der Waals surface area contributed by atoms with Crippen LogP contribution in [0.4, 0.5) is 13.2 Å². The first kappa shape index (κ1) is 16.7. The molecule has 0 N–H and O–H groups in total. The second-order valence-corrected chi connectivity index (χ2v) is 7.64. The minimum absolute atomic E-state index is 0.174. The van der Waals surface area contributed by atoms with Crippen molar-refractivity contribution in [2.75, 3.05) is 33.2 Å². The lowest BCUT2D eigenvalue weighted by molar-refractivity contribution is -0.138. The van der Waals surface area contributed by atoms with Crippen molar-refractivity contribution in [3.63, 3.8) is 0 Å². The fourth-order valence-electron chi connectivity index (χ4n) is 2.06. The van der Waals surface area contributed by atoms with Crippen LogP contribution < -0.4 is 0 Å². The molecule has 0 atom stereocenters. The van der Waals surface area contributed by atoms with Gasteiger partial charge in [-0.25, -0.2) is 8.42 Å². The van der Waals surface area contributed by atoms with Gasteiger partial charge in [-0.15, -0.1) is 0 Å². The number of nitrogens with zero attached hydrogens (tertiary/aromatic N) is 2. The Labute approximate surface area is 129 Å². The molecule has 1 aliphatic heterocycles. The molecule has 9 heteroatoms. The Hall–Kier alpha value is -0.640. The number of hydrogen-bond acceptors (Lipinski definition) is 3. The van der Waals surface area contributed by atoms with E-state index in [1.54, 1.807) is 0 Å². The molecule has 0 aliphatic carbocycles. The average Bonchev–Trinajstić information content (AvgIpc) is 2.38. The number of benzene rings is 1. The zero-order chi connectivity index (χ0) is 15.8. The molecule has 0 radical (unpaired) electrons. The van der Waals surface area contributed by atoms with Crippen molar-refractivity contribution < 1.29 is 21.6 Å². The monoisotopic (exact) mass is 386 g/mol. The van der Waals surface area contributed by atoms with Crippen molar-refractivity contribution >= 4 is 26.0 Å². The van der Waals surface area contributed by atoms with Gasteiger partial charge in [-0.1, -0.05) is 15.9 Å². The van der Waals surface area contributed by atoms with Crippen LogP contribution in [-0.4, -0.2) is 50.8 Å². The van der Waals surface area contributed by atoms with Crippen LogP contribution >= 0.6 is 15.9 Å². The van der Waals surface area contributed by atoms with Crippen molar-refractivity contribution in [1.29, 1.82) is 0 Å². The molecule has 1 aromatic rings. The van der Waals surface area contributed by atoms with Gasteiger partial charge in [0, 0.05) is 30.7 Å². The lowest BCUT2D eigenvalue weighted by atomic mass is 10.2. The summed E-state index contributed by atoms with van der Waals surface area (Å²) >= 11 is 2.80. The zero-order valence-corrected chi connectivity index (χ0v) is 13.6. The Bertz CT molecular complexity index is 626. The maximum absolute atomic E-state index is 12.9. The van der Waals surface area contributed by atoms with Crippen molar-refractivity contribution in [3.8, 4) is 0 Å². The van der Waals surface area contributed by atoms with Crippen molar-refractivity contribution in [2.24, 2.45) is 0 Å². The van der Waals surface area contributed by atoms with E-state index < -0.39 is 21.8 Å². The van der Waals surface area contributed by atoms with Crippen LogP contribution in [0.1, 0.15) is 5.56 Å². The summed E-state index contributed by atoms with van der Waals surface area (Å²) < 4.78 is 64.5. The SMILES string of the molecule is CN1CCN(S(=O)(=O)c2ccc(Br)c(C(F)(F)F)c2)CC1. The third-order valence-corrected chi connectivity index (χ3v) is 5.93. The van der Waals surface area contributed by atoms with Crippen molar-refractivity contribution in [2.45, 2.75) is 11.1 Å². The fraction of sp³-hybridized carbons (Fsp3) is 0.500. The highest BCUT2D eigenvalue weighted by Gasteiger charge is 2.35. The number of alkyl halides is 3. The standard InChI is InChI=1S/C12H14BrF3N2O2S/c1-17-4-6-18(7-5-17)21(19,20)9-2-3-11(13)10(8-9)12(14,15)16/h2-3,8H,4-7H2,1H3. The van der Waals surface area contributed by atoms with Gasteiger partial charge in [-0.3, -0.25) is 0 Å². The Morgan fingerprint density at radius 1 is 1.14 bits per heavy atom. The predicted molar refractivity (Wildman–Crippen MR) is 75.4 cm³/mol. The maximum atomic E-state index is 12.9. The first-order valence-electron chi connectivity index (χ1n) is 6.18. The average molecular weight is 387 g/mol. The molecule has 1 heterocycles. The van der Waals surface area contributed by atoms with Crippen LogP contribution in [0.3, 0.4) is 0 Å². The highest BCUT2D eigenvalue weighted by Crippen LogP contribution is 2.36. The quantitative estimate of drug-likeness (QED) is 0.783. The lowest BCUT2D eigenvalue weighted by Crippen LogP contribution is -2.47.